The predicted octanol–water partition coefficient (Wildman–Crippen LogP) is 0.672. The van der Waals surface area contributed by atoms with Crippen molar-refractivity contribution in [1.82, 2.24) is 14.5 Å². The van der Waals surface area contributed by atoms with Gasteiger partial charge in [-0.25, -0.2) is 12.7 Å². The van der Waals surface area contributed by atoms with Crippen LogP contribution in [0.3, 0.4) is 0 Å². The molecule has 2 fully saturated rings. The third-order valence-electron chi connectivity index (χ3n) is 5.12. The second-order valence-electron chi connectivity index (χ2n) is 7.05. The Morgan fingerprint density at radius 2 is 1.92 bits per heavy atom. The molecule has 0 radical (unpaired) electrons. The Bertz CT molecular complexity index is 738. The maximum absolute atomic E-state index is 12.5. The van der Waals surface area contributed by atoms with E-state index in [1.54, 1.807) is 11.0 Å². The van der Waals surface area contributed by atoms with Crippen LogP contribution in [-0.4, -0.2) is 67.9 Å². The average molecular weight is 383 g/mol. The number of furan rings is 1. The Labute approximate surface area is 153 Å². The molecule has 1 N–H and O–H groups in total. The van der Waals surface area contributed by atoms with E-state index in [4.69, 9.17) is 4.42 Å². The highest BCUT2D eigenvalue weighted by atomic mass is 32.2. The number of rotatable bonds is 4. The fourth-order valence-corrected chi connectivity index (χ4v) is 4.51. The number of likely N-dealkylation sites (tertiary alicyclic amines) is 1. The molecule has 3 heterocycles. The van der Waals surface area contributed by atoms with E-state index in [1.165, 1.54) is 23.1 Å². The minimum Gasteiger partial charge on any atom is -0.472 e. The molecule has 2 aliphatic heterocycles. The fourth-order valence-electron chi connectivity index (χ4n) is 3.59. The molecule has 0 aromatic carbocycles. The molecule has 1 aromatic rings. The molecule has 144 valence electrons. The molecule has 1 aromatic heterocycles. The van der Waals surface area contributed by atoms with Gasteiger partial charge < -0.3 is 14.6 Å². The third-order valence-corrected chi connectivity index (χ3v) is 6.39. The van der Waals surface area contributed by atoms with Crippen LogP contribution in [-0.2, 0) is 14.8 Å². The van der Waals surface area contributed by atoms with Crippen LogP contribution < -0.4 is 5.32 Å². The minimum atomic E-state index is -3.23. The van der Waals surface area contributed by atoms with Crippen molar-refractivity contribution in [3.05, 3.63) is 24.2 Å². The molecule has 1 unspecified atom stereocenters. The lowest BCUT2D eigenvalue weighted by Crippen LogP contribution is -2.51. The zero-order valence-corrected chi connectivity index (χ0v) is 15.7. The molecule has 2 amide bonds. The largest absolute Gasteiger partial charge is 0.472 e. The zero-order valence-electron chi connectivity index (χ0n) is 14.9. The molecule has 2 aliphatic rings. The molecule has 26 heavy (non-hydrogen) atoms. The Morgan fingerprint density at radius 3 is 2.54 bits per heavy atom. The number of carbonyl (C=O) groups excluding carboxylic acids is 2. The third kappa shape index (κ3) is 4.45. The van der Waals surface area contributed by atoms with Crippen molar-refractivity contribution in [1.29, 1.82) is 0 Å². The van der Waals surface area contributed by atoms with E-state index < -0.39 is 10.0 Å². The van der Waals surface area contributed by atoms with Crippen molar-refractivity contribution in [3.63, 3.8) is 0 Å². The Kier molecular flexibility index (Phi) is 5.67. The summed E-state index contributed by atoms with van der Waals surface area (Å²) in [5, 5.41) is 3.00. The molecule has 0 aliphatic carbocycles. The lowest BCUT2D eigenvalue weighted by molar-refractivity contribution is -0.127. The van der Waals surface area contributed by atoms with Crippen molar-refractivity contribution in [2.24, 2.45) is 5.92 Å². The summed E-state index contributed by atoms with van der Waals surface area (Å²) >= 11 is 0. The summed E-state index contributed by atoms with van der Waals surface area (Å²) in [7, 11) is -3.23. The molecule has 0 saturated carbocycles. The van der Waals surface area contributed by atoms with Crippen LogP contribution in [0.25, 0.3) is 0 Å². The van der Waals surface area contributed by atoms with Crippen molar-refractivity contribution >= 4 is 21.8 Å². The van der Waals surface area contributed by atoms with Crippen molar-refractivity contribution in [3.8, 4) is 0 Å². The SMILES string of the molecule is CS(=O)(=O)N1CCCC(NC(=O)C2CCN(C(=O)c3ccoc3)CC2)C1. The van der Waals surface area contributed by atoms with Gasteiger partial charge in [-0.15, -0.1) is 0 Å². The minimum absolute atomic E-state index is 0.0410. The van der Waals surface area contributed by atoms with Crippen LogP contribution in [0.15, 0.2) is 23.0 Å². The van der Waals surface area contributed by atoms with Crippen LogP contribution in [0, 0.1) is 5.92 Å². The summed E-state index contributed by atoms with van der Waals surface area (Å²) < 4.78 is 29.7. The number of nitrogens with zero attached hydrogens (tertiary/aromatic N) is 2. The van der Waals surface area contributed by atoms with Crippen LogP contribution in [0.1, 0.15) is 36.0 Å². The number of carbonyl (C=O) groups is 2. The highest BCUT2D eigenvalue weighted by Crippen LogP contribution is 2.21. The van der Waals surface area contributed by atoms with Gasteiger partial charge in [0.2, 0.25) is 15.9 Å². The molecule has 3 rings (SSSR count). The normalized spacial score (nSPS) is 23.0. The van der Waals surface area contributed by atoms with E-state index in [2.05, 4.69) is 5.32 Å². The molecule has 0 spiro atoms. The van der Waals surface area contributed by atoms with Gasteiger partial charge in [-0.3, -0.25) is 9.59 Å². The number of nitrogens with one attached hydrogen (secondary N) is 1. The Hall–Kier alpha value is -1.87. The van der Waals surface area contributed by atoms with Gasteiger partial charge in [0, 0.05) is 38.1 Å². The van der Waals surface area contributed by atoms with Gasteiger partial charge in [0.05, 0.1) is 18.1 Å². The maximum atomic E-state index is 12.5. The number of hydrogen-bond acceptors (Lipinski definition) is 5. The highest BCUT2D eigenvalue weighted by molar-refractivity contribution is 7.88. The lowest BCUT2D eigenvalue weighted by Gasteiger charge is -2.34. The second kappa shape index (κ2) is 7.79. The lowest BCUT2D eigenvalue weighted by atomic mass is 9.94. The quantitative estimate of drug-likeness (QED) is 0.824. The molecular weight excluding hydrogens is 358 g/mol. The van der Waals surface area contributed by atoms with E-state index in [1.807, 2.05) is 0 Å². The number of amides is 2. The zero-order chi connectivity index (χ0) is 18.7. The van der Waals surface area contributed by atoms with Crippen molar-refractivity contribution in [2.45, 2.75) is 31.7 Å². The van der Waals surface area contributed by atoms with Gasteiger partial charge in [0.15, 0.2) is 0 Å². The summed E-state index contributed by atoms with van der Waals surface area (Å²) in [5.41, 5.74) is 0.524. The van der Waals surface area contributed by atoms with E-state index in [0.29, 0.717) is 44.6 Å². The molecule has 8 nitrogen and oxygen atoms in total. The first kappa shape index (κ1) is 18.9. The summed E-state index contributed by atoms with van der Waals surface area (Å²) in [6, 6.07) is 1.49. The Balaban J connectivity index is 1.49. The van der Waals surface area contributed by atoms with Crippen LogP contribution >= 0.6 is 0 Å². The van der Waals surface area contributed by atoms with Crippen LogP contribution in [0.4, 0.5) is 0 Å². The van der Waals surface area contributed by atoms with Gasteiger partial charge in [0.25, 0.3) is 5.91 Å². The molecule has 0 bridgehead atoms. The van der Waals surface area contributed by atoms with Crippen molar-refractivity contribution < 1.29 is 22.4 Å². The maximum Gasteiger partial charge on any atom is 0.257 e. The smallest absolute Gasteiger partial charge is 0.257 e. The monoisotopic (exact) mass is 383 g/mol. The van der Waals surface area contributed by atoms with E-state index in [0.717, 1.165) is 12.8 Å². The van der Waals surface area contributed by atoms with Gasteiger partial charge >= 0.3 is 0 Å². The summed E-state index contributed by atoms with van der Waals surface area (Å²) in [6.07, 6.45) is 6.85. The van der Waals surface area contributed by atoms with E-state index in [-0.39, 0.29) is 23.8 Å². The van der Waals surface area contributed by atoms with Crippen LogP contribution in [0.2, 0.25) is 0 Å². The Morgan fingerprint density at radius 1 is 1.19 bits per heavy atom. The van der Waals surface area contributed by atoms with Gasteiger partial charge in [-0.1, -0.05) is 0 Å². The van der Waals surface area contributed by atoms with Gasteiger partial charge in [0.1, 0.15) is 6.26 Å². The number of sulfonamides is 1. The highest BCUT2D eigenvalue weighted by Gasteiger charge is 2.31. The van der Waals surface area contributed by atoms with E-state index >= 15 is 0 Å². The first-order chi connectivity index (χ1) is 12.3. The molecule has 2 saturated heterocycles. The average Bonchev–Trinajstić information content (AvgIpc) is 3.15. The van der Waals surface area contributed by atoms with Crippen LogP contribution in [0.5, 0.6) is 0 Å². The summed E-state index contributed by atoms with van der Waals surface area (Å²) in [5.74, 6) is -0.258. The molecule has 1 atom stereocenters. The molecule has 9 heteroatoms. The van der Waals surface area contributed by atoms with Crippen molar-refractivity contribution in [2.75, 3.05) is 32.4 Å². The summed E-state index contributed by atoms with van der Waals surface area (Å²) in [4.78, 5) is 26.6. The first-order valence-corrected chi connectivity index (χ1v) is 10.8. The topological polar surface area (TPSA) is 99.9 Å². The summed E-state index contributed by atoms with van der Waals surface area (Å²) in [6.45, 7) is 1.91. The fraction of sp³-hybridized carbons (Fsp3) is 0.647. The first-order valence-electron chi connectivity index (χ1n) is 8.91. The van der Waals surface area contributed by atoms with Gasteiger partial charge in [-0.05, 0) is 31.7 Å². The predicted molar refractivity (Wildman–Crippen MR) is 94.9 cm³/mol. The van der Waals surface area contributed by atoms with E-state index in [9.17, 15) is 18.0 Å². The van der Waals surface area contributed by atoms with Gasteiger partial charge in [-0.2, -0.15) is 0 Å². The number of piperidine rings is 2. The standard InChI is InChI=1S/C17H25N3O5S/c1-26(23,24)20-7-2-3-15(11-20)18-16(21)13-4-8-19(9-5-13)17(22)14-6-10-25-12-14/h6,10,12-13,15H,2-5,7-9,11H2,1H3,(H,18,21). The molecular formula is C17H25N3O5S. The second-order valence-corrected chi connectivity index (χ2v) is 9.03. The number of hydrogen-bond donors (Lipinski definition) is 1.